The van der Waals surface area contributed by atoms with Gasteiger partial charge in [-0.3, -0.25) is 4.90 Å². The maximum Gasteiger partial charge on any atom is 0.410 e. The third kappa shape index (κ3) is 6.37. The highest BCUT2D eigenvalue weighted by molar-refractivity contribution is 6.74. The smallest absolute Gasteiger partial charge is 0.410 e. The van der Waals surface area contributed by atoms with Gasteiger partial charge < -0.3 is 13.9 Å². The van der Waals surface area contributed by atoms with Crippen molar-refractivity contribution in [2.75, 3.05) is 13.7 Å². The van der Waals surface area contributed by atoms with Crippen molar-refractivity contribution in [3.63, 3.8) is 0 Å². The number of rotatable bonds is 5. The normalized spacial score (nSPS) is 17.8. The highest BCUT2D eigenvalue weighted by Crippen LogP contribution is 2.40. The molecule has 0 unspecified atom stereocenters. The van der Waals surface area contributed by atoms with Gasteiger partial charge in [0, 0.05) is 13.0 Å². The van der Waals surface area contributed by atoms with Crippen LogP contribution in [0.3, 0.4) is 0 Å². The molecule has 178 valence electrons. The molecule has 1 aromatic rings. The van der Waals surface area contributed by atoms with Gasteiger partial charge in [-0.15, -0.1) is 0 Å². The van der Waals surface area contributed by atoms with Crippen molar-refractivity contribution in [2.45, 2.75) is 84.2 Å². The summed E-state index contributed by atoms with van der Waals surface area (Å²) in [6.07, 6.45) is 0.474. The third-order valence-corrected chi connectivity index (χ3v) is 10.4. The summed E-state index contributed by atoms with van der Waals surface area (Å²) in [5, 5.41) is -0.0293. The first kappa shape index (κ1) is 26.0. The lowest BCUT2D eigenvalue weighted by atomic mass is 9.92. The fourth-order valence-electron chi connectivity index (χ4n) is 3.37. The molecule has 1 amide bonds. The number of amides is 1. The van der Waals surface area contributed by atoms with Crippen LogP contribution in [0, 0.1) is 0 Å². The summed E-state index contributed by atoms with van der Waals surface area (Å²) < 4.78 is 17.5. The van der Waals surface area contributed by atoms with E-state index in [2.05, 4.69) is 33.9 Å². The van der Waals surface area contributed by atoms with Crippen LogP contribution in [0.1, 0.15) is 53.5 Å². The van der Waals surface area contributed by atoms with E-state index in [1.807, 2.05) is 51.1 Å². The van der Waals surface area contributed by atoms with Crippen LogP contribution in [0.4, 0.5) is 4.79 Å². The molecule has 0 aliphatic carbocycles. The van der Waals surface area contributed by atoms with Crippen LogP contribution in [0.5, 0.6) is 0 Å². The zero-order chi connectivity index (χ0) is 24.3. The van der Waals surface area contributed by atoms with Gasteiger partial charge in [-0.25, -0.2) is 9.59 Å². The van der Waals surface area contributed by atoms with Gasteiger partial charge in [-0.05, 0) is 50.9 Å². The quantitative estimate of drug-likeness (QED) is 0.416. The highest BCUT2D eigenvalue weighted by Gasteiger charge is 2.44. The number of ether oxygens (including phenoxy) is 2. The SMILES string of the molecule is COC(=O)C1=C(O[Si](C)(C)C(C)(C)C)CCN(C(=O)OC(C)(C)C)[C@@H]1Cc1ccccc1. The minimum absolute atomic E-state index is 0.0293. The van der Waals surface area contributed by atoms with Crippen LogP contribution < -0.4 is 0 Å². The molecular formula is C25H39NO5Si. The summed E-state index contributed by atoms with van der Waals surface area (Å²) in [7, 11) is -0.836. The Bertz CT molecular complexity index is 849. The molecule has 1 aromatic carbocycles. The Labute approximate surface area is 194 Å². The Balaban J connectivity index is 2.56. The molecule has 0 N–H and O–H groups in total. The van der Waals surface area contributed by atoms with Crippen molar-refractivity contribution in [3.8, 4) is 0 Å². The first-order chi connectivity index (χ1) is 14.7. The summed E-state index contributed by atoms with van der Waals surface area (Å²) in [6.45, 7) is 16.7. The Morgan fingerprint density at radius 3 is 2.16 bits per heavy atom. The van der Waals surface area contributed by atoms with Crippen LogP contribution >= 0.6 is 0 Å². The van der Waals surface area contributed by atoms with Crippen LogP contribution in [-0.4, -0.2) is 50.6 Å². The largest absolute Gasteiger partial charge is 0.546 e. The van der Waals surface area contributed by atoms with Gasteiger partial charge in [0.05, 0.1) is 24.5 Å². The topological polar surface area (TPSA) is 65.1 Å². The number of carbonyl (C=O) groups is 2. The lowest BCUT2D eigenvalue weighted by Crippen LogP contribution is -2.51. The predicted molar refractivity (Wildman–Crippen MR) is 129 cm³/mol. The number of hydrogen-bond acceptors (Lipinski definition) is 5. The first-order valence-electron chi connectivity index (χ1n) is 11.2. The maximum atomic E-state index is 13.1. The second kappa shape index (κ2) is 9.69. The van der Waals surface area contributed by atoms with E-state index in [-0.39, 0.29) is 5.04 Å². The number of benzene rings is 1. The molecule has 0 saturated carbocycles. The van der Waals surface area contributed by atoms with Crippen LogP contribution in [-0.2, 0) is 25.1 Å². The fourth-order valence-corrected chi connectivity index (χ4v) is 4.50. The van der Waals surface area contributed by atoms with E-state index in [0.29, 0.717) is 30.7 Å². The Morgan fingerprint density at radius 2 is 1.66 bits per heavy atom. The second-order valence-corrected chi connectivity index (χ2v) is 15.5. The molecule has 0 bridgehead atoms. The first-order valence-corrected chi connectivity index (χ1v) is 14.1. The van der Waals surface area contributed by atoms with E-state index >= 15 is 0 Å². The van der Waals surface area contributed by atoms with Crippen LogP contribution in [0.2, 0.25) is 18.1 Å². The van der Waals surface area contributed by atoms with Crippen LogP contribution in [0.15, 0.2) is 41.7 Å². The summed E-state index contributed by atoms with van der Waals surface area (Å²) in [6, 6.07) is 9.29. The number of carbonyl (C=O) groups excluding carboxylic acids is 2. The molecule has 6 nitrogen and oxygen atoms in total. The minimum Gasteiger partial charge on any atom is -0.546 e. The summed E-state index contributed by atoms with van der Waals surface area (Å²) in [4.78, 5) is 27.8. The molecule has 1 atom stereocenters. The fraction of sp³-hybridized carbons (Fsp3) is 0.600. The zero-order valence-corrected chi connectivity index (χ0v) is 22.1. The van der Waals surface area contributed by atoms with Gasteiger partial charge in [-0.2, -0.15) is 0 Å². The number of methoxy groups -OCH3 is 1. The molecule has 0 fully saturated rings. The van der Waals surface area contributed by atoms with Gasteiger partial charge in [0.15, 0.2) is 0 Å². The van der Waals surface area contributed by atoms with E-state index in [1.165, 1.54) is 7.11 Å². The third-order valence-electron chi connectivity index (χ3n) is 6.08. The number of esters is 1. The average molecular weight is 462 g/mol. The van der Waals surface area contributed by atoms with Crippen LogP contribution in [0.25, 0.3) is 0 Å². The Morgan fingerprint density at radius 1 is 1.06 bits per heavy atom. The van der Waals surface area contributed by atoms with Crippen molar-refractivity contribution >= 4 is 20.4 Å². The van der Waals surface area contributed by atoms with Gasteiger partial charge >= 0.3 is 12.1 Å². The molecule has 1 heterocycles. The predicted octanol–water partition coefficient (Wildman–Crippen LogP) is 5.69. The van der Waals surface area contributed by atoms with E-state index < -0.39 is 32.0 Å². The van der Waals surface area contributed by atoms with Gasteiger partial charge in [-0.1, -0.05) is 51.1 Å². The molecule has 0 spiro atoms. The maximum absolute atomic E-state index is 13.1. The molecule has 1 aliphatic heterocycles. The van der Waals surface area contributed by atoms with E-state index in [0.717, 1.165) is 5.56 Å². The van der Waals surface area contributed by atoms with Crippen molar-refractivity contribution in [2.24, 2.45) is 0 Å². The molecule has 2 rings (SSSR count). The Kier molecular flexibility index (Phi) is 7.86. The summed E-state index contributed by atoms with van der Waals surface area (Å²) >= 11 is 0. The van der Waals surface area contributed by atoms with E-state index in [9.17, 15) is 9.59 Å². The molecule has 0 saturated heterocycles. The Hall–Kier alpha value is -2.28. The number of nitrogens with zero attached hydrogens (tertiary/aromatic N) is 1. The van der Waals surface area contributed by atoms with Crippen molar-refractivity contribution in [3.05, 3.63) is 47.2 Å². The molecule has 1 aliphatic rings. The van der Waals surface area contributed by atoms with Gasteiger partial charge in [0.1, 0.15) is 5.60 Å². The molecule has 0 aromatic heterocycles. The average Bonchev–Trinajstić information content (AvgIpc) is 2.66. The zero-order valence-electron chi connectivity index (χ0n) is 21.1. The molecule has 32 heavy (non-hydrogen) atoms. The second-order valence-electron chi connectivity index (χ2n) is 10.8. The highest BCUT2D eigenvalue weighted by atomic mass is 28.4. The van der Waals surface area contributed by atoms with Crippen molar-refractivity contribution in [1.29, 1.82) is 0 Å². The molecule has 7 heteroatoms. The molecular weight excluding hydrogens is 422 g/mol. The van der Waals surface area contributed by atoms with Gasteiger partial charge in [0.25, 0.3) is 0 Å². The molecule has 0 radical (unpaired) electrons. The summed E-state index contributed by atoms with van der Waals surface area (Å²) in [5.41, 5.74) is 0.792. The van der Waals surface area contributed by atoms with Crippen molar-refractivity contribution < 1.29 is 23.5 Å². The lowest BCUT2D eigenvalue weighted by Gasteiger charge is -2.42. The minimum atomic E-state index is -2.20. The monoisotopic (exact) mass is 461 g/mol. The number of hydrogen-bond donors (Lipinski definition) is 0. The summed E-state index contributed by atoms with van der Waals surface area (Å²) in [5.74, 6) is 0.178. The van der Waals surface area contributed by atoms with E-state index in [1.54, 1.807) is 4.90 Å². The van der Waals surface area contributed by atoms with Crippen molar-refractivity contribution in [1.82, 2.24) is 4.90 Å². The standard InChI is InChI=1S/C25H39NO5Si/c1-24(2,3)30-23(28)26-16-15-20(31-32(8,9)25(4,5)6)21(22(27)29-7)19(26)17-18-13-11-10-12-14-18/h10-14,19H,15-17H2,1-9H3/t19-/m1/s1. The van der Waals surface area contributed by atoms with E-state index in [4.69, 9.17) is 13.9 Å². The lowest BCUT2D eigenvalue weighted by molar-refractivity contribution is -0.137. The van der Waals surface area contributed by atoms with Gasteiger partial charge in [0.2, 0.25) is 8.32 Å².